The van der Waals surface area contributed by atoms with Crippen LogP contribution in [0.1, 0.15) is 56.2 Å². The Morgan fingerprint density at radius 2 is 1.74 bits per heavy atom. The third-order valence-electron chi connectivity index (χ3n) is 6.10. The molecule has 2 aromatic rings. The van der Waals surface area contributed by atoms with Crippen molar-refractivity contribution in [3.8, 4) is 11.8 Å². The van der Waals surface area contributed by atoms with Gasteiger partial charge >= 0.3 is 0 Å². The quantitative estimate of drug-likeness (QED) is 0.699. The van der Waals surface area contributed by atoms with Gasteiger partial charge in [0.25, 0.3) is 0 Å². The number of allylic oxidation sites excluding steroid dienone is 4. The van der Waals surface area contributed by atoms with Gasteiger partial charge in [-0.2, -0.15) is 5.26 Å². The number of aryl methyl sites for hydroxylation is 1. The highest BCUT2D eigenvalue weighted by molar-refractivity contribution is 6.00. The summed E-state index contributed by atoms with van der Waals surface area (Å²) in [5, 5.41) is 13.2. The second-order valence-electron chi connectivity index (χ2n) is 9.38. The van der Waals surface area contributed by atoms with Crippen LogP contribution in [-0.4, -0.2) is 5.78 Å². The number of ketones is 1. The van der Waals surface area contributed by atoms with E-state index in [4.69, 9.17) is 4.74 Å². The zero-order valence-electron chi connectivity index (χ0n) is 18.6. The summed E-state index contributed by atoms with van der Waals surface area (Å²) >= 11 is 0. The minimum absolute atomic E-state index is 0.0778. The maximum absolute atomic E-state index is 13.1. The van der Waals surface area contributed by atoms with Crippen molar-refractivity contribution in [2.45, 2.75) is 53.1 Å². The molecular formula is C27H28N2O2. The molecule has 0 aromatic heterocycles. The fourth-order valence-corrected chi connectivity index (χ4v) is 4.52. The predicted molar refractivity (Wildman–Crippen MR) is 121 cm³/mol. The molecule has 0 amide bonds. The maximum Gasteiger partial charge on any atom is 0.162 e. The highest BCUT2D eigenvalue weighted by Gasteiger charge is 2.41. The Morgan fingerprint density at radius 3 is 2.39 bits per heavy atom. The molecule has 1 aliphatic heterocycles. The van der Waals surface area contributed by atoms with Crippen LogP contribution in [0.15, 0.2) is 71.1 Å². The number of Topliss-reactive ketones (excluding diaryl/α,β-unsaturated/α-hetero) is 1. The van der Waals surface area contributed by atoms with E-state index < -0.39 is 0 Å². The number of dihydropyridines is 1. The molecule has 1 N–H and O–H groups in total. The lowest BCUT2D eigenvalue weighted by molar-refractivity contribution is -0.118. The lowest BCUT2D eigenvalue weighted by Crippen LogP contribution is -2.36. The maximum atomic E-state index is 13.1. The minimum atomic E-state index is -0.323. The van der Waals surface area contributed by atoms with Gasteiger partial charge in [-0.05, 0) is 48.9 Å². The van der Waals surface area contributed by atoms with E-state index in [1.807, 2.05) is 31.2 Å². The fraction of sp³-hybridized carbons (Fsp3) is 0.333. The Hall–Kier alpha value is -3.32. The largest absolute Gasteiger partial charge is 0.489 e. The van der Waals surface area contributed by atoms with Crippen LogP contribution in [0.5, 0.6) is 5.75 Å². The molecule has 0 fully saturated rings. The van der Waals surface area contributed by atoms with Gasteiger partial charge in [0.2, 0.25) is 0 Å². The number of nitrogens with zero attached hydrogens (tertiary/aromatic N) is 1. The molecule has 0 saturated heterocycles. The third kappa shape index (κ3) is 4.27. The van der Waals surface area contributed by atoms with E-state index in [0.717, 1.165) is 40.3 Å². The van der Waals surface area contributed by atoms with E-state index in [1.165, 1.54) is 5.56 Å². The first-order valence-electron chi connectivity index (χ1n) is 10.7. The molecule has 0 saturated carbocycles. The molecular weight excluding hydrogens is 384 g/mol. The van der Waals surface area contributed by atoms with E-state index in [-0.39, 0.29) is 17.1 Å². The number of hydrogen-bond acceptors (Lipinski definition) is 4. The summed E-state index contributed by atoms with van der Waals surface area (Å²) in [7, 11) is 0. The molecule has 0 bridgehead atoms. The molecule has 1 heterocycles. The Morgan fingerprint density at radius 1 is 1.06 bits per heavy atom. The van der Waals surface area contributed by atoms with Crippen LogP contribution >= 0.6 is 0 Å². The molecule has 0 radical (unpaired) electrons. The normalized spacial score (nSPS) is 20.1. The molecule has 1 atom stereocenters. The van der Waals surface area contributed by atoms with Crippen molar-refractivity contribution in [2.24, 2.45) is 5.41 Å². The first-order valence-corrected chi connectivity index (χ1v) is 10.7. The predicted octanol–water partition coefficient (Wildman–Crippen LogP) is 5.70. The van der Waals surface area contributed by atoms with E-state index in [1.54, 1.807) is 0 Å². The Labute approximate surface area is 184 Å². The lowest BCUT2D eigenvalue weighted by atomic mass is 9.69. The van der Waals surface area contributed by atoms with Crippen molar-refractivity contribution >= 4 is 5.78 Å². The first kappa shape index (κ1) is 20.9. The van der Waals surface area contributed by atoms with E-state index in [0.29, 0.717) is 18.6 Å². The van der Waals surface area contributed by atoms with Gasteiger partial charge in [0.1, 0.15) is 12.4 Å². The molecule has 0 spiro atoms. The Balaban J connectivity index is 1.61. The smallest absolute Gasteiger partial charge is 0.162 e. The number of hydrogen-bond donors (Lipinski definition) is 1. The van der Waals surface area contributed by atoms with Crippen molar-refractivity contribution in [3.05, 3.63) is 87.8 Å². The highest BCUT2D eigenvalue weighted by Crippen LogP contribution is 2.46. The summed E-state index contributed by atoms with van der Waals surface area (Å²) in [4.78, 5) is 13.1. The van der Waals surface area contributed by atoms with Crippen LogP contribution in [-0.2, 0) is 11.4 Å². The zero-order valence-corrected chi connectivity index (χ0v) is 18.6. The van der Waals surface area contributed by atoms with E-state index in [2.05, 4.69) is 56.4 Å². The molecule has 1 aliphatic carbocycles. The number of carbonyl (C=O) groups excluding carboxylic acids is 1. The Bertz CT molecular complexity index is 1110. The molecule has 4 heteroatoms. The number of carbonyl (C=O) groups is 1. The number of nitrogens with one attached hydrogen (secondary N) is 1. The number of ether oxygens (including phenoxy) is 1. The summed E-state index contributed by atoms with van der Waals surface area (Å²) in [5.41, 5.74) is 6.35. The molecule has 1 unspecified atom stereocenters. The van der Waals surface area contributed by atoms with Crippen LogP contribution in [0.4, 0.5) is 0 Å². The summed E-state index contributed by atoms with van der Waals surface area (Å²) in [6.07, 6.45) is 1.30. The van der Waals surface area contributed by atoms with Gasteiger partial charge in [-0.15, -0.1) is 0 Å². The second kappa shape index (κ2) is 8.07. The molecule has 158 valence electrons. The van der Waals surface area contributed by atoms with Crippen LogP contribution in [0, 0.1) is 23.7 Å². The van der Waals surface area contributed by atoms with Gasteiger partial charge in [0, 0.05) is 23.4 Å². The topological polar surface area (TPSA) is 62.1 Å². The summed E-state index contributed by atoms with van der Waals surface area (Å²) in [6, 6.07) is 18.4. The monoisotopic (exact) mass is 412 g/mol. The molecule has 2 aromatic carbocycles. The van der Waals surface area contributed by atoms with Gasteiger partial charge in [0.15, 0.2) is 5.78 Å². The van der Waals surface area contributed by atoms with Crippen molar-refractivity contribution < 1.29 is 9.53 Å². The Kier molecular flexibility index (Phi) is 5.45. The second-order valence-corrected chi connectivity index (χ2v) is 9.38. The van der Waals surface area contributed by atoms with Gasteiger partial charge in [-0.3, -0.25) is 4.79 Å². The first-order chi connectivity index (χ1) is 14.8. The van der Waals surface area contributed by atoms with Gasteiger partial charge < -0.3 is 10.1 Å². The van der Waals surface area contributed by atoms with Crippen LogP contribution in [0.3, 0.4) is 0 Å². The molecule has 4 rings (SSSR count). The van der Waals surface area contributed by atoms with Crippen molar-refractivity contribution in [1.82, 2.24) is 5.32 Å². The zero-order chi connectivity index (χ0) is 22.2. The minimum Gasteiger partial charge on any atom is -0.489 e. The fourth-order valence-electron chi connectivity index (χ4n) is 4.52. The van der Waals surface area contributed by atoms with Crippen molar-refractivity contribution in [1.29, 1.82) is 5.26 Å². The van der Waals surface area contributed by atoms with Crippen molar-refractivity contribution in [3.63, 3.8) is 0 Å². The SMILES string of the molecule is CC1=C(C#N)C(c2ccc(OCc3ccc(C)cc3)cc2)C2=C(CC(C)(C)CC2=O)N1. The number of benzene rings is 2. The van der Waals surface area contributed by atoms with Crippen LogP contribution < -0.4 is 10.1 Å². The van der Waals surface area contributed by atoms with E-state index >= 15 is 0 Å². The van der Waals surface area contributed by atoms with Gasteiger partial charge in [-0.25, -0.2) is 0 Å². The summed E-state index contributed by atoms with van der Waals surface area (Å²) < 4.78 is 5.94. The highest BCUT2D eigenvalue weighted by atomic mass is 16.5. The van der Waals surface area contributed by atoms with Gasteiger partial charge in [0.05, 0.1) is 17.6 Å². The third-order valence-corrected chi connectivity index (χ3v) is 6.10. The van der Waals surface area contributed by atoms with Crippen LogP contribution in [0.2, 0.25) is 0 Å². The van der Waals surface area contributed by atoms with E-state index in [9.17, 15) is 10.1 Å². The average Bonchev–Trinajstić information content (AvgIpc) is 2.72. The summed E-state index contributed by atoms with van der Waals surface area (Å²) in [6.45, 7) is 8.71. The standard InChI is InChI=1S/C27H28N2O2/c1-17-5-7-19(8-6-17)16-31-21-11-9-20(10-12-21)25-22(15-28)18(2)29-23-13-27(3,4)14-24(30)26(23)25/h5-12,25,29H,13-14,16H2,1-4H3. The number of nitriles is 1. The molecule has 2 aliphatic rings. The average molecular weight is 413 g/mol. The van der Waals surface area contributed by atoms with Crippen LogP contribution in [0.25, 0.3) is 0 Å². The molecule has 31 heavy (non-hydrogen) atoms. The number of rotatable bonds is 4. The molecule has 4 nitrogen and oxygen atoms in total. The van der Waals surface area contributed by atoms with Gasteiger partial charge in [-0.1, -0.05) is 55.8 Å². The van der Waals surface area contributed by atoms with Crippen molar-refractivity contribution in [2.75, 3.05) is 0 Å². The summed E-state index contributed by atoms with van der Waals surface area (Å²) in [5.74, 6) is 0.572. The lowest BCUT2D eigenvalue weighted by Gasteiger charge is -2.38.